The molecule has 0 radical (unpaired) electrons. The van der Waals surface area contributed by atoms with Gasteiger partial charge in [-0.2, -0.15) is 0 Å². The van der Waals surface area contributed by atoms with Crippen LogP contribution in [-0.2, 0) is 6.42 Å². The fraction of sp³-hybridized carbons (Fsp3) is 0.625. The summed E-state index contributed by atoms with van der Waals surface area (Å²) in [7, 11) is 0. The zero-order valence-electron chi connectivity index (χ0n) is 10.8. The molecule has 1 fully saturated rings. The van der Waals surface area contributed by atoms with E-state index in [9.17, 15) is 5.11 Å². The minimum absolute atomic E-state index is 0.0821. The van der Waals surface area contributed by atoms with E-state index >= 15 is 0 Å². The molecule has 1 saturated carbocycles. The van der Waals surface area contributed by atoms with Gasteiger partial charge < -0.3 is 9.84 Å². The lowest BCUT2D eigenvalue weighted by Crippen LogP contribution is -2.20. The number of para-hydroxylation sites is 1. The zero-order valence-corrected chi connectivity index (χ0v) is 10.8. The van der Waals surface area contributed by atoms with Gasteiger partial charge in [-0.3, -0.25) is 0 Å². The van der Waals surface area contributed by atoms with Crippen LogP contribution in [0.4, 0.5) is 0 Å². The molecule has 1 heterocycles. The van der Waals surface area contributed by atoms with Crippen molar-refractivity contribution >= 4 is 0 Å². The first kappa shape index (κ1) is 12.0. The first-order valence-electron chi connectivity index (χ1n) is 7.24. The third-order valence-electron chi connectivity index (χ3n) is 4.32. The lowest BCUT2D eigenvalue weighted by Gasteiger charge is -2.20. The molecule has 2 aliphatic rings. The lowest BCUT2D eigenvalue weighted by atomic mass is 9.91. The monoisotopic (exact) mass is 246 g/mol. The van der Waals surface area contributed by atoms with Crippen LogP contribution in [0, 0.1) is 5.92 Å². The fourth-order valence-corrected chi connectivity index (χ4v) is 3.40. The molecule has 1 aromatic carbocycles. The van der Waals surface area contributed by atoms with Crippen LogP contribution < -0.4 is 4.74 Å². The first-order valence-corrected chi connectivity index (χ1v) is 7.24. The number of aliphatic hydroxyl groups is 1. The summed E-state index contributed by atoms with van der Waals surface area (Å²) >= 11 is 0. The highest BCUT2D eigenvalue weighted by Gasteiger charge is 2.27. The second kappa shape index (κ2) is 5.31. The van der Waals surface area contributed by atoms with Gasteiger partial charge in [0, 0.05) is 6.42 Å². The van der Waals surface area contributed by atoms with E-state index in [-0.39, 0.29) is 6.10 Å². The van der Waals surface area contributed by atoms with Crippen LogP contribution in [0.25, 0.3) is 0 Å². The van der Waals surface area contributed by atoms with Gasteiger partial charge in [0.25, 0.3) is 0 Å². The van der Waals surface area contributed by atoms with Gasteiger partial charge in [-0.05, 0) is 36.8 Å². The molecule has 0 saturated heterocycles. The van der Waals surface area contributed by atoms with Gasteiger partial charge >= 0.3 is 0 Å². The van der Waals surface area contributed by atoms with Gasteiger partial charge in [-0.25, -0.2) is 0 Å². The number of fused-ring (bicyclic) bond motifs is 1. The molecular weight excluding hydrogens is 224 g/mol. The molecule has 2 nitrogen and oxygen atoms in total. The van der Waals surface area contributed by atoms with Gasteiger partial charge in [-0.15, -0.1) is 0 Å². The zero-order chi connectivity index (χ0) is 12.4. The van der Waals surface area contributed by atoms with Crippen molar-refractivity contribution < 1.29 is 9.84 Å². The molecule has 3 unspecified atom stereocenters. The maximum Gasteiger partial charge on any atom is 0.123 e. The second-order valence-corrected chi connectivity index (χ2v) is 5.83. The van der Waals surface area contributed by atoms with E-state index in [4.69, 9.17) is 4.74 Å². The number of aliphatic hydroxyl groups excluding tert-OH is 1. The Morgan fingerprint density at radius 3 is 2.89 bits per heavy atom. The van der Waals surface area contributed by atoms with E-state index in [1.807, 2.05) is 6.07 Å². The molecule has 1 aliphatic carbocycles. The minimum Gasteiger partial charge on any atom is -0.490 e. The second-order valence-electron chi connectivity index (χ2n) is 5.83. The van der Waals surface area contributed by atoms with Crippen LogP contribution in [0.1, 0.15) is 44.1 Å². The van der Waals surface area contributed by atoms with Crippen LogP contribution in [0.5, 0.6) is 5.75 Å². The van der Waals surface area contributed by atoms with Crippen LogP contribution in [0.3, 0.4) is 0 Å². The number of benzene rings is 1. The van der Waals surface area contributed by atoms with Crippen molar-refractivity contribution in [1.29, 1.82) is 0 Å². The first-order chi connectivity index (χ1) is 8.81. The Morgan fingerprint density at radius 1 is 1.17 bits per heavy atom. The van der Waals surface area contributed by atoms with Crippen molar-refractivity contribution in [2.75, 3.05) is 0 Å². The molecule has 1 N–H and O–H groups in total. The SMILES string of the molecule is OC1CCCCC(CC2Cc3ccccc3O2)C1. The topological polar surface area (TPSA) is 29.5 Å². The van der Waals surface area contributed by atoms with E-state index in [1.165, 1.54) is 24.8 Å². The number of rotatable bonds is 2. The van der Waals surface area contributed by atoms with Crippen molar-refractivity contribution in [3.8, 4) is 5.75 Å². The number of hydrogen-bond acceptors (Lipinski definition) is 2. The Bertz CT molecular complexity index is 377. The summed E-state index contributed by atoms with van der Waals surface area (Å²) < 4.78 is 6.00. The van der Waals surface area contributed by atoms with Gasteiger partial charge in [-0.1, -0.05) is 37.5 Å². The van der Waals surface area contributed by atoms with Crippen molar-refractivity contribution in [3.05, 3.63) is 29.8 Å². The molecule has 1 aliphatic heterocycles. The average Bonchev–Trinajstić information content (AvgIpc) is 2.65. The maximum absolute atomic E-state index is 9.87. The highest BCUT2D eigenvalue weighted by molar-refractivity contribution is 5.37. The highest BCUT2D eigenvalue weighted by atomic mass is 16.5. The molecular formula is C16H22O2. The van der Waals surface area contributed by atoms with E-state index in [2.05, 4.69) is 18.2 Å². The van der Waals surface area contributed by atoms with Crippen LogP contribution in [0.15, 0.2) is 24.3 Å². The molecule has 1 aromatic rings. The van der Waals surface area contributed by atoms with Crippen LogP contribution in [0.2, 0.25) is 0 Å². The molecule has 98 valence electrons. The smallest absolute Gasteiger partial charge is 0.123 e. The largest absolute Gasteiger partial charge is 0.490 e. The van der Waals surface area contributed by atoms with E-state index in [0.29, 0.717) is 12.0 Å². The Hall–Kier alpha value is -1.02. The molecule has 3 rings (SSSR count). The number of ether oxygens (including phenoxy) is 1. The Labute approximate surface area is 109 Å². The fourth-order valence-electron chi connectivity index (χ4n) is 3.40. The quantitative estimate of drug-likeness (QED) is 0.811. The minimum atomic E-state index is -0.0821. The van der Waals surface area contributed by atoms with Crippen molar-refractivity contribution in [2.24, 2.45) is 5.92 Å². The van der Waals surface area contributed by atoms with Crippen LogP contribution in [-0.4, -0.2) is 17.3 Å². The summed E-state index contributed by atoms with van der Waals surface area (Å²) in [5, 5.41) is 9.87. The van der Waals surface area contributed by atoms with Crippen molar-refractivity contribution in [3.63, 3.8) is 0 Å². The summed E-state index contributed by atoms with van der Waals surface area (Å²) in [5.41, 5.74) is 1.34. The molecule has 0 aromatic heterocycles. The maximum atomic E-state index is 9.87. The van der Waals surface area contributed by atoms with Gasteiger partial charge in [0.1, 0.15) is 11.9 Å². The summed E-state index contributed by atoms with van der Waals surface area (Å²) in [5.74, 6) is 1.71. The standard InChI is InChI=1S/C16H22O2/c17-14-7-3-1-5-12(9-14)10-15-11-13-6-2-4-8-16(13)18-15/h2,4,6,8,12,14-15,17H,1,3,5,7,9-11H2. The van der Waals surface area contributed by atoms with Gasteiger partial charge in [0.15, 0.2) is 0 Å². The molecule has 0 amide bonds. The lowest BCUT2D eigenvalue weighted by molar-refractivity contribution is 0.122. The molecule has 18 heavy (non-hydrogen) atoms. The van der Waals surface area contributed by atoms with Gasteiger partial charge in [0.2, 0.25) is 0 Å². The normalized spacial score (nSPS) is 31.5. The predicted molar refractivity (Wildman–Crippen MR) is 71.8 cm³/mol. The van der Waals surface area contributed by atoms with E-state index in [0.717, 1.165) is 31.4 Å². The van der Waals surface area contributed by atoms with Crippen molar-refractivity contribution in [2.45, 2.75) is 57.2 Å². The molecule has 0 spiro atoms. The Balaban J connectivity index is 1.58. The molecule has 3 atom stereocenters. The Kier molecular flexibility index (Phi) is 3.55. The summed E-state index contributed by atoms with van der Waals surface area (Å²) in [6, 6.07) is 8.35. The highest BCUT2D eigenvalue weighted by Crippen LogP contribution is 2.34. The number of hydrogen-bond donors (Lipinski definition) is 1. The molecule has 0 bridgehead atoms. The average molecular weight is 246 g/mol. The van der Waals surface area contributed by atoms with Crippen LogP contribution >= 0.6 is 0 Å². The van der Waals surface area contributed by atoms with Gasteiger partial charge in [0.05, 0.1) is 6.10 Å². The Morgan fingerprint density at radius 2 is 2.00 bits per heavy atom. The van der Waals surface area contributed by atoms with Crippen molar-refractivity contribution in [1.82, 2.24) is 0 Å². The summed E-state index contributed by atoms with van der Waals surface area (Å²) in [6.07, 6.45) is 8.06. The predicted octanol–water partition coefficient (Wildman–Crippen LogP) is 3.32. The third-order valence-corrected chi connectivity index (χ3v) is 4.32. The molecule has 2 heteroatoms. The van der Waals surface area contributed by atoms with E-state index < -0.39 is 0 Å². The van der Waals surface area contributed by atoms with E-state index in [1.54, 1.807) is 0 Å². The summed E-state index contributed by atoms with van der Waals surface area (Å²) in [4.78, 5) is 0. The summed E-state index contributed by atoms with van der Waals surface area (Å²) in [6.45, 7) is 0. The third kappa shape index (κ3) is 2.69.